The fraction of sp³-hybridized carbons (Fsp3) is 0.900. The van der Waals surface area contributed by atoms with E-state index in [0.29, 0.717) is 37.8 Å². The third kappa shape index (κ3) is 49.5. The third-order valence-corrected chi connectivity index (χ3v) is 2.76. The highest BCUT2D eigenvalue weighted by Crippen LogP contribution is 1.99. The van der Waals surface area contributed by atoms with Crippen molar-refractivity contribution in [1.82, 2.24) is 10.6 Å². The molecule has 0 aromatic heterocycles. The number of carbonyl (C=O) groups excluding carboxylic acids is 2. The second-order valence-electron chi connectivity index (χ2n) is 6.36. The van der Waals surface area contributed by atoms with Crippen molar-refractivity contribution in [1.29, 1.82) is 0 Å². The zero-order valence-electron chi connectivity index (χ0n) is 18.3. The van der Waals surface area contributed by atoms with Crippen LogP contribution < -0.4 is 10.6 Å². The van der Waals surface area contributed by atoms with Gasteiger partial charge in [0.2, 0.25) is 12.3 Å². The van der Waals surface area contributed by atoms with E-state index in [4.69, 9.17) is 10.2 Å². The van der Waals surface area contributed by atoms with Crippen LogP contribution in [0.4, 0.5) is 0 Å². The van der Waals surface area contributed by atoms with Gasteiger partial charge < -0.3 is 20.8 Å². The first kappa shape index (κ1) is 32.5. The summed E-state index contributed by atoms with van der Waals surface area (Å²) in [5.74, 6) is 1.33. The summed E-state index contributed by atoms with van der Waals surface area (Å²) in [6.45, 7) is 15.9. The second kappa shape index (κ2) is 31.6. The van der Waals surface area contributed by atoms with Gasteiger partial charge in [0.05, 0.1) is 6.61 Å². The summed E-state index contributed by atoms with van der Waals surface area (Å²) in [5, 5.41) is 21.3. The van der Waals surface area contributed by atoms with E-state index in [0.717, 1.165) is 25.8 Å². The van der Waals surface area contributed by atoms with E-state index in [1.807, 2.05) is 27.7 Å². The fourth-order valence-corrected chi connectivity index (χ4v) is 1.25. The first-order chi connectivity index (χ1) is 12.3. The Labute approximate surface area is 162 Å². The maximum Gasteiger partial charge on any atom is 0.219 e. The van der Waals surface area contributed by atoms with Gasteiger partial charge in [-0.15, -0.1) is 0 Å². The monoisotopic (exact) mass is 378 g/mol. The summed E-state index contributed by atoms with van der Waals surface area (Å²) >= 11 is 0. The molecule has 0 spiro atoms. The minimum absolute atomic E-state index is 0.0126. The molecule has 0 aromatic rings. The second-order valence-corrected chi connectivity index (χ2v) is 6.36. The Bertz CT molecular complexity index is 260. The Balaban J connectivity index is -0.000000155. The molecule has 0 fully saturated rings. The Morgan fingerprint density at radius 2 is 1.54 bits per heavy atom. The van der Waals surface area contributed by atoms with Crippen molar-refractivity contribution in [3.63, 3.8) is 0 Å². The molecule has 160 valence electrons. The molecule has 0 bridgehead atoms. The van der Waals surface area contributed by atoms with Gasteiger partial charge >= 0.3 is 0 Å². The zero-order chi connectivity index (χ0) is 21.2. The van der Waals surface area contributed by atoms with Gasteiger partial charge in [-0.25, -0.2) is 0 Å². The quantitative estimate of drug-likeness (QED) is 0.328. The van der Waals surface area contributed by atoms with Crippen molar-refractivity contribution < 1.29 is 19.8 Å². The van der Waals surface area contributed by atoms with Crippen molar-refractivity contribution >= 4 is 12.3 Å². The van der Waals surface area contributed by atoms with Gasteiger partial charge in [-0.2, -0.15) is 0 Å². The molecule has 4 N–H and O–H groups in total. The van der Waals surface area contributed by atoms with Crippen molar-refractivity contribution in [2.75, 3.05) is 26.3 Å². The molecule has 0 aliphatic heterocycles. The first-order valence-corrected chi connectivity index (χ1v) is 10.0. The zero-order valence-corrected chi connectivity index (χ0v) is 18.3. The molecule has 0 rings (SSSR count). The van der Waals surface area contributed by atoms with Gasteiger partial charge in [-0.3, -0.25) is 9.59 Å². The lowest BCUT2D eigenvalue weighted by molar-refractivity contribution is -0.121. The third-order valence-electron chi connectivity index (χ3n) is 2.76. The summed E-state index contributed by atoms with van der Waals surface area (Å²) in [6, 6.07) is 0. The van der Waals surface area contributed by atoms with Crippen LogP contribution in [-0.4, -0.2) is 48.8 Å². The van der Waals surface area contributed by atoms with E-state index in [1.54, 1.807) is 0 Å². The standard InChI is InChI=1S/C11H23NO.C4H10O.C3H7NO2.C2H6/c1-4-5-6-7-11(13)12-9-8-10(2)3;1-4(2)3-5;5-2-1-4-3-6;1-2/h10H,4-9H2,1-3H3,(H,12,13);4-5H,3H2,1-2H3;3,5H,1-2H2,(H,4,6);1-2H3. The molecule has 0 saturated heterocycles. The number of carbonyl (C=O) groups is 2. The molecule has 0 radical (unpaired) electrons. The van der Waals surface area contributed by atoms with E-state index >= 15 is 0 Å². The lowest BCUT2D eigenvalue weighted by atomic mass is 10.1. The van der Waals surface area contributed by atoms with E-state index in [-0.39, 0.29) is 12.5 Å². The molecule has 0 aromatic carbocycles. The largest absolute Gasteiger partial charge is 0.396 e. The normalized spacial score (nSPS) is 9.04. The number of rotatable bonds is 11. The molecule has 2 amide bonds. The number of aliphatic hydroxyl groups excluding tert-OH is 2. The number of amides is 2. The van der Waals surface area contributed by atoms with Crippen LogP contribution in [0.15, 0.2) is 0 Å². The Morgan fingerprint density at radius 3 is 1.85 bits per heavy atom. The summed E-state index contributed by atoms with van der Waals surface area (Å²) in [6.07, 6.45) is 5.71. The van der Waals surface area contributed by atoms with Gasteiger partial charge in [-0.1, -0.05) is 61.3 Å². The van der Waals surface area contributed by atoms with Crippen LogP contribution in [0.3, 0.4) is 0 Å². The predicted molar refractivity (Wildman–Crippen MR) is 111 cm³/mol. The van der Waals surface area contributed by atoms with Crippen LogP contribution >= 0.6 is 0 Å². The topological polar surface area (TPSA) is 98.7 Å². The number of nitrogens with one attached hydrogen (secondary N) is 2. The Morgan fingerprint density at radius 1 is 1.00 bits per heavy atom. The average molecular weight is 379 g/mol. The summed E-state index contributed by atoms with van der Waals surface area (Å²) in [5.41, 5.74) is 0. The van der Waals surface area contributed by atoms with E-state index in [2.05, 4.69) is 31.4 Å². The highest BCUT2D eigenvalue weighted by molar-refractivity contribution is 5.75. The molecule has 0 atom stereocenters. The lowest BCUT2D eigenvalue weighted by Gasteiger charge is -2.06. The van der Waals surface area contributed by atoms with E-state index in [1.165, 1.54) is 6.42 Å². The molecular weight excluding hydrogens is 332 g/mol. The highest BCUT2D eigenvalue weighted by Gasteiger charge is 2.00. The SMILES string of the molecule is CC.CC(C)CO.CCCCCC(=O)NCCC(C)C.O=CNCCO. The van der Waals surface area contributed by atoms with Crippen LogP contribution in [0.2, 0.25) is 0 Å². The van der Waals surface area contributed by atoms with Crippen LogP contribution in [-0.2, 0) is 9.59 Å². The maximum atomic E-state index is 11.2. The molecule has 6 nitrogen and oxygen atoms in total. The Kier molecular flexibility index (Phi) is 39.5. The van der Waals surface area contributed by atoms with Crippen LogP contribution in [0.1, 0.15) is 80.6 Å². The smallest absolute Gasteiger partial charge is 0.219 e. The summed E-state index contributed by atoms with van der Waals surface area (Å²) in [4.78, 5) is 20.5. The van der Waals surface area contributed by atoms with Crippen LogP contribution in [0, 0.1) is 11.8 Å². The van der Waals surface area contributed by atoms with Gasteiger partial charge in [-0.05, 0) is 24.7 Å². The molecule has 0 unspecified atom stereocenters. The molecule has 26 heavy (non-hydrogen) atoms. The minimum atomic E-state index is 0.0126. The molecule has 0 heterocycles. The maximum absolute atomic E-state index is 11.2. The van der Waals surface area contributed by atoms with Gasteiger partial charge in [0.25, 0.3) is 0 Å². The van der Waals surface area contributed by atoms with Crippen molar-refractivity contribution in [3.05, 3.63) is 0 Å². The van der Waals surface area contributed by atoms with Crippen LogP contribution in [0.5, 0.6) is 0 Å². The van der Waals surface area contributed by atoms with E-state index in [9.17, 15) is 9.59 Å². The predicted octanol–water partition coefficient (Wildman–Crippen LogP) is 3.11. The summed E-state index contributed by atoms with van der Waals surface area (Å²) in [7, 11) is 0. The van der Waals surface area contributed by atoms with Crippen molar-refractivity contribution in [2.24, 2.45) is 11.8 Å². The van der Waals surface area contributed by atoms with E-state index < -0.39 is 0 Å². The lowest BCUT2D eigenvalue weighted by Crippen LogP contribution is -2.24. The molecule has 6 heteroatoms. The van der Waals surface area contributed by atoms with Crippen molar-refractivity contribution in [2.45, 2.75) is 80.6 Å². The number of aliphatic hydroxyl groups is 2. The van der Waals surface area contributed by atoms with Gasteiger partial charge in [0, 0.05) is 26.1 Å². The Hall–Kier alpha value is -1.14. The number of hydrogen-bond acceptors (Lipinski definition) is 4. The van der Waals surface area contributed by atoms with Gasteiger partial charge in [0.15, 0.2) is 0 Å². The number of hydrogen-bond donors (Lipinski definition) is 4. The molecule has 0 aliphatic carbocycles. The first-order valence-electron chi connectivity index (χ1n) is 10.0. The molecule has 0 saturated carbocycles. The molecule has 0 aliphatic rings. The van der Waals surface area contributed by atoms with Gasteiger partial charge in [0.1, 0.15) is 0 Å². The molecular formula is C20H46N2O4. The van der Waals surface area contributed by atoms with Crippen molar-refractivity contribution in [3.8, 4) is 0 Å². The van der Waals surface area contributed by atoms with Crippen LogP contribution in [0.25, 0.3) is 0 Å². The summed E-state index contributed by atoms with van der Waals surface area (Å²) < 4.78 is 0. The highest BCUT2D eigenvalue weighted by atomic mass is 16.3. The number of unbranched alkanes of at least 4 members (excludes halogenated alkanes) is 2. The average Bonchev–Trinajstić information content (AvgIpc) is 2.62. The fourth-order valence-electron chi connectivity index (χ4n) is 1.25. The minimum Gasteiger partial charge on any atom is -0.396 e.